The van der Waals surface area contributed by atoms with Crippen molar-refractivity contribution in [3.05, 3.63) is 35.9 Å². The molecule has 2 unspecified atom stereocenters. The van der Waals surface area contributed by atoms with Crippen LogP contribution in [0.2, 0.25) is 0 Å². The monoisotopic (exact) mass is 263 g/mol. The smallest absolute Gasteiger partial charge is 0.351 e. The van der Waals surface area contributed by atoms with E-state index in [4.69, 9.17) is 4.74 Å². The lowest BCUT2D eigenvalue weighted by Crippen LogP contribution is -2.54. The van der Waals surface area contributed by atoms with Crippen molar-refractivity contribution in [3.63, 3.8) is 0 Å². The van der Waals surface area contributed by atoms with Gasteiger partial charge in [0, 0.05) is 25.6 Å². The van der Waals surface area contributed by atoms with Crippen LogP contribution in [0, 0.1) is 0 Å². The Morgan fingerprint density at radius 2 is 2.16 bits per heavy atom. The van der Waals surface area contributed by atoms with Gasteiger partial charge in [-0.05, 0) is 25.8 Å². The van der Waals surface area contributed by atoms with E-state index in [0.717, 1.165) is 12.0 Å². The van der Waals surface area contributed by atoms with E-state index < -0.39 is 11.7 Å². The van der Waals surface area contributed by atoms with Crippen LogP contribution < -0.4 is 0 Å². The maximum atomic E-state index is 11.7. The molecule has 1 aromatic rings. The fourth-order valence-electron chi connectivity index (χ4n) is 2.81. The number of likely N-dealkylation sites (tertiary alicyclic amines) is 1. The zero-order valence-electron chi connectivity index (χ0n) is 11.5. The number of hydrogen-bond donors (Lipinski definition) is 1. The summed E-state index contributed by atoms with van der Waals surface area (Å²) in [5.41, 5.74) is -0.0501. The Labute approximate surface area is 114 Å². The molecule has 0 amide bonds. The van der Waals surface area contributed by atoms with Crippen molar-refractivity contribution in [3.8, 4) is 0 Å². The van der Waals surface area contributed by atoms with Crippen LogP contribution in [0.25, 0.3) is 0 Å². The Kier molecular flexibility index (Phi) is 4.22. The predicted octanol–water partition coefficient (Wildman–Crippen LogP) is 2.49. The van der Waals surface area contributed by atoms with Crippen molar-refractivity contribution in [2.24, 2.45) is 0 Å². The molecule has 4 heteroatoms. The molecule has 0 aromatic heterocycles. The predicted molar refractivity (Wildman–Crippen MR) is 72.7 cm³/mol. The number of carbonyl (C=O) groups is 1. The average Bonchev–Trinajstić information content (AvgIpc) is 2.71. The normalized spacial score (nSPS) is 27.6. The molecule has 2 rings (SSSR count). The number of ether oxygens (including phenoxy) is 1. The van der Waals surface area contributed by atoms with Gasteiger partial charge in [-0.25, -0.2) is 4.79 Å². The highest BCUT2D eigenvalue weighted by Gasteiger charge is 2.51. The number of carboxylic acids is 1. The van der Waals surface area contributed by atoms with Crippen molar-refractivity contribution >= 4 is 5.97 Å². The van der Waals surface area contributed by atoms with E-state index in [1.165, 1.54) is 0 Å². The van der Waals surface area contributed by atoms with Gasteiger partial charge in [-0.1, -0.05) is 30.3 Å². The molecule has 1 aromatic carbocycles. The van der Waals surface area contributed by atoms with Crippen LogP contribution in [0.5, 0.6) is 0 Å². The number of hydrogen-bond acceptors (Lipinski definition) is 3. The quantitative estimate of drug-likeness (QED) is 0.886. The molecular weight excluding hydrogens is 242 g/mol. The molecule has 4 nitrogen and oxygen atoms in total. The van der Waals surface area contributed by atoms with Crippen molar-refractivity contribution in [1.29, 1.82) is 0 Å². The molecule has 0 saturated carbocycles. The minimum Gasteiger partial charge on any atom is -0.478 e. The van der Waals surface area contributed by atoms with E-state index in [-0.39, 0.29) is 6.04 Å². The third kappa shape index (κ3) is 2.65. The zero-order valence-corrected chi connectivity index (χ0v) is 11.5. The average molecular weight is 263 g/mol. The van der Waals surface area contributed by atoms with E-state index in [0.29, 0.717) is 19.6 Å². The molecule has 0 aliphatic carbocycles. The van der Waals surface area contributed by atoms with Gasteiger partial charge >= 0.3 is 5.97 Å². The number of carboxylic acid groups (broad SMARTS) is 1. The van der Waals surface area contributed by atoms with Gasteiger partial charge in [0.15, 0.2) is 0 Å². The molecule has 1 aliphatic heterocycles. The summed E-state index contributed by atoms with van der Waals surface area (Å²) >= 11 is 0. The molecule has 1 saturated heterocycles. The third-order valence-corrected chi connectivity index (χ3v) is 3.81. The Hall–Kier alpha value is -1.39. The van der Waals surface area contributed by atoms with E-state index in [1.807, 2.05) is 42.2 Å². The molecule has 0 spiro atoms. The van der Waals surface area contributed by atoms with Gasteiger partial charge in [0.1, 0.15) is 0 Å². The summed E-state index contributed by atoms with van der Waals surface area (Å²) in [6, 6.07) is 10.2. The number of nitrogens with zero attached hydrogens (tertiary/aromatic N) is 1. The van der Waals surface area contributed by atoms with Crippen LogP contribution in [-0.2, 0) is 16.1 Å². The summed E-state index contributed by atoms with van der Waals surface area (Å²) in [4.78, 5) is 13.7. The summed E-state index contributed by atoms with van der Waals surface area (Å²) in [5, 5.41) is 9.59. The Bertz CT molecular complexity index is 430. The van der Waals surface area contributed by atoms with Gasteiger partial charge in [0.25, 0.3) is 0 Å². The number of aliphatic carboxylic acids is 1. The van der Waals surface area contributed by atoms with Crippen LogP contribution in [0.3, 0.4) is 0 Å². The second-order valence-electron chi connectivity index (χ2n) is 5.02. The molecule has 0 bridgehead atoms. The van der Waals surface area contributed by atoms with Crippen LogP contribution in [0.4, 0.5) is 0 Å². The van der Waals surface area contributed by atoms with E-state index in [9.17, 15) is 9.90 Å². The summed E-state index contributed by atoms with van der Waals surface area (Å²) in [7, 11) is 0. The first-order valence-corrected chi connectivity index (χ1v) is 6.78. The van der Waals surface area contributed by atoms with Crippen LogP contribution in [0.1, 0.15) is 32.3 Å². The second kappa shape index (κ2) is 5.72. The van der Waals surface area contributed by atoms with Crippen LogP contribution in [0.15, 0.2) is 30.3 Å². The zero-order chi connectivity index (χ0) is 13.9. The Morgan fingerprint density at radius 1 is 1.47 bits per heavy atom. The minimum atomic E-state index is -1.16. The summed E-state index contributed by atoms with van der Waals surface area (Å²) in [6.45, 7) is 4.92. The maximum absolute atomic E-state index is 11.7. The summed E-state index contributed by atoms with van der Waals surface area (Å²) < 4.78 is 5.63. The minimum absolute atomic E-state index is 0.211. The van der Waals surface area contributed by atoms with E-state index >= 15 is 0 Å². The highest BCUT2D eigenvalue weighted by atomic mass is 16.5. The number of rotatable bonds is 5. The number of benzene rings is 1. The summed E-state index contributed by atoms with van der Waals surface area (Å²) in [5.74, 6) is -0.880. The van der Waals surface area contributed by atoms with Gasteiger partial charge in [0.2, 0.25) is 5.72 Å². The first kappa shape index (κ1) is 14.0. The molecule has 2 atom stereocenters. The topological polar surface area (TPSA) is 49.8 Å². The Morgan fingerprint density at radius 3 is 2.74 bits per heavy atom. The molecule has 1 heterocycles. The van der Waals surface area contributed by atoms with Crippen LogP contribution in [-0.4, -0.2) is 34.3 Å². The van der Waals surface area contributed by atoms with Gasteiger partial charge in [0.05, 0.1) is 0 Å². The van der Waals surface area contributed by atoms with Crippen LogP contribution >= 0.6 is 0 Å². The highest BCUT2D eigenvalue weighted by Crippen LogP contribution is 2.36. The Balaban J connectivity index is 2.26. The van der Waals surface area contributed by atoms with Gasteiger partial charge < -0.3 is 9.84 Å². The van der Waals surface area contributed by atoms with Crippen molar-refractivity contribution in [1.82, 2.24) is 4.90 Å². The highest BCUT2D eigenvalue weighted by molar-refractivity contribution is 5.77. The molecule has 1 aliphatic rings. The first-order chi connectivity index (χ1) is 9.10. The largest absolute Gasteiger partial charge is 0.478 e. The van der Waals surface area contributed by atoms with E-state index in [2.05, 4.69) is 6.92 Å². The van der Waals surface area contributed by atoms with Gasteiger partial charge in [-0.15, -0.1) is 0 Å². The molecule has 104 valence electrons. The second-order valence-corrected chi connectivity index (χ2v) is 5.02. The molecular formula is C15H21NO3. The lowest BCUT2D eigenvalue weighted by Gasteiger charge is -2.36. The third-order valence-electron chi connectivity index (χ3n) is 3.81. The maximum Gasteiger partial charge on any atom is 0.351 e. The summed E-state index contributed by atoms with van der Waals surface area (Å²) in [6.07, 6.45) is 1.39. The molecule has 0 radical (unpaired) electrons. The van der Waals surface area contributed by atoms with Crippen molar-refractivity contribution < 1.29 is 14.6 Å². The molecule has 1 N–H and O–H groups in total. The van der Waals surface area contributed by atoms with E-state index in [1.54, 1.807) is 0 Å². The lowest BCUT2D eigenvalue weighted by atomic mass is 10.1. The van der Waals surface area contributed by atoms with Crippen molar-refractivity contribution in [2.75, 3.05) is 6.61 Å². The molecule has 19 heavy (non-hydrogen) atoms. The van der Waals surface area contributed by atoms with Gasteiger partial charge in [-0.2, -0.15) is 0 Å². The fraction of sp³-hybridized carbons (Fsp3) is 0.533. The standard InChI is InChI=1S/C15H21NO3/c1-3-19-15(14(17)18)10-9-12(2)16(15)11-13-7-5-4-6-8-13/h4-8,12H,3,9-11H2,1-2H3,(H,17,18). The first-order valence-electron chi connectivity index (χ1n) is 6.78. The van der Waals surface area contributed by atoms with Crippen molar-refractivity contribution in [2.45, 2.75) is 45.0 Å². The lowest BCUT2D eigenvalue weighted by molar-refractivity contribution is -0.193. The molecule has 1 fully saturated rings. The van der Waals surface area contributed by atoms with Gasteiger partial charge in [-0.3, -0.25) is 4.90 Å². The fourth-order valence-corrected chi connectivity index (χ4v) is 2.81. The SMILES string of the molecule is CCOC1(C(=O)O)CCC(C)N1Cc1ccccc1.